The molecular weight excluding hydrogens is 769 g/mol. The van der Waals surface area contributed by atoms with Gasteiger partial charge in [-0.3, -0.25) is 14.4 Å². The standard InChI is InChI=1S/C56H92O6/c1-4-7-10-13-16-19-22-25-27-29-31-34-37-40-43-46-49-55(58)61-52-53(51-60-54(57)48-45-42-39-36-33-30-24-21-18-15-12-9-6-3)62-56(59)50-47-44-41-38-35-32-28-26-23-20-17-14-11-8-5-2/h8-9,11-12,14-15,17-18,20-21,23-24,26,28,32,35,53H,4-7,10,13,16,19,22,25,27,29-31,33-34,36-52H2,1-3H3/b11-8-,12-9-,17-14-,18-15-,23-20-,24-21-,28-26-,35-32-. The number of rotatable bonds is 44. The molecule has 352 valence electrons. The van der Waals surface area contributed by atoms with Crippen molar-refractivity contribution in [1.82, 2.24) is 0 Å². The van der Waals surface area contributed by atoms with Gasteiger partial charge in [-0.05, 0) is 57.8 Å². The van der Waals surface area contributed by atoms with E-state index in [9.17, 15) is 14.4 Å². The Morgan fingerprint density at radius 1 is 0.339 bits per heavy atom. The van der Waals surface area contributed by atoms with Gasteiger partial charge in [0.1, 0.15) is 13.2 Å². The second-order valence-electron chi connectivity index (χ2n) is 16.5. The Hall–Kier alpha value is -3.67. The third-order valence-corrected chi connectivity index (χ3v) is 10.5. The largest absolute Gasteiger partial charge is 0.462 e. The average molecular weight is 861 g/mol. The summed E-state index contributed by atoms with van der Waals surface area (Å²) < 4.78 is 16.7. The van der Waals surface area contributed by atoms with Gasteiger partial charge in [0.05, 0.1) is 0 Å². The maximum Gasteiger partial charge on any atom is 0.306 e. The van der Waals surface area contributed by atoms with Crippen LogP contribution in [0.25, 0.3) is 0 Å². The molecule has 62 heavy (non-hydrogen) atoms. The van der Waals surface area contributed by atoms with Crippen LogP contribution in [0.15, 0.2) is 97.2 Å². The lowest BCUT2D eigenvalue weighted by atomic mass is 10.0. The summed E-state index contributed by atoms with van der Waals surface area (Å²) in [5.41, 5.74) is 0. The summed E-state index contributed by atoms with van der Waals surface area (Å²) in [6, 6.07) is 0. The van der Waals surface area contributed by atoms with Crippen LogP contribution in [0, 0.1) is 0 Å². The molecule has 0 radical (unpaired) electrons. The van der Waals surface area contributed by atoms with E-state index < -0.39 is 6.10 Å². The molecule has 0 spiro atoms. The first-order valence-corrected chi connectivity index (χ1v) is 25.3. The number of unbranched alkanes of at least 4 members (excludes halogenated alkanes) is 23. The fourth-order valence-corrected chi connectivity index (χ4v) is 6.76. The first kappa shape index (κ1) is 58.3. The monoisotopic (exact) mass is 861 g/mol. The minimum Gasteiger partial charge on any atom is -0.462 e. The topological polar surface area (TPSA) is 78.9 Å². The van der Waals surface area contributed by atoms with Gasteiger partial charge >= 0.3 is 17.9 Å². The van der Waals surface area contributed by atoms with Crippen LogP contribution in [0.4, 0.5) is 0 Å². The maximum atomic E-state index is 12.8. The van der Waals surface area contributed by atoms with Gasteiger partial charge in [-0.25, -0.2) is 0 Å². The lowest BCUT2D eigenvalue weighted by molar-refractivity contribution is -0.167. The van der Waals surface area contributed by atoms with E-state index in [2.05, 4.69) is 69.4 Å². The first-order chi connectivity index (χ1) is 30.5. The highest BCUT2D eigenvalue weighted by Crippen LogP contribution is 2.15. The normalized spacial score (nSPS) is 12.9. The highest BCUT2D eigenvalue weighted by atomic mass is 16.6. The van der Waals surface area contributed by atoms with Crippen LogP contribution < -0.4 is 0 Å². The van der Waals surface area contributed by atoms with Gasteiger partial charge in [-0.2, -0.15) is 0 Å². The first-order valence-electron chi connectivity index (χ1n) is 25.3. The van der Waals surface area contributed by atoms with Crippen molar-refractivity contribution in [2.45, 2.75) is 226 Å². The van der Waals surface area contributed by atoms with Crippen molar-refractivity contribution in [3.05, 3.63) is 97.2 Å². The Balaban J connectivity index is 4.48. The molecule has 0 fully saturated rings. The van der Waals surface area contributed by atoms with Crippen LogP contribution in [0.1, 0.15) is 220 Å². The van der Waals surface area contributed by atoms with Gasteiger partial charge in [0.15, 0.2) is 6.10 Å². The fourth-order valence-electron chi connectivity index (χ4n) is 6.76. The molecule has 1 unspecified atom stereocenters. The average Bonchev–Trinajstić information content (AvgIpc) is 3.27. The molecule has 0 N–H and O–H groups in total. The van der Waals surface area contributed by atoms with Crippen LogP contribution in [0.2, 0.25) is 0 Å². The fraction of sp³-hybridized carbons (Fsp3) is 0.661. The Kier molecular flexibility index (Phi) is 47.0. The summed E-state index contributed by atoms with van der Waals surface area (Å²) in [6.07, 6.45) is 65.3. The molecule has 0 saturated heterocycles. The van der Waals surface area contributed by atoms with Crippen LogP contribution >= 0.6 is 0 Å². The van der Waals surface area contributed by atoms with Crippen molar-refractivity contribution in [2.24, 2.45) is 0 Å². The molecular formula is C56H92O6. The molecule has 0 aliphatic heterocycles. The Morgan fingerprint density at radius 3 is 1.00 bits per heavy atom. The molecule has 1 atom stereocenters. The van der Waals surface area contributed by atoms with E-state index in [0.29, 0.717) is 19.3 Å². The maximum absolute atomic E-state index is 12.8. The van der Waals surface area contributed by atoms with Crippen molar-refractivity contribution in [3.8, 4) is 0 Å². The number of carbonyl (C=O) groups is 3. The highest BCUT2D eigenvalue weighted by Gasteiger charge is 2.19. The van der Waals surface area contributed by atoms with Gasteiger partial charge in [0, 0.05) is 19.3 Å². The van der Waals surface area contributed by atoms with Crippen molar-refractivity contribution in [1.29, 1.82) is 0 Å². The molecule has 0 aliphatic rings. The van der Waals surface area contributed by atoms with Crippen molar-refractivity contribution >= 4 is 17.9 Å². The van der Waals surface area contributed by atoms with Gasteiger partial charge < -0.3 is 14.2 Å². The molecule has 0 aliphatic carbocycles. The van der Waals surface area contributed by atoms with E-state index in [1.807, 2.05) is 48.6 Å². The number of hydrogen-bond acceptors (Lipinski definition) is 6. The second-order valence-corrected chi connectivity index (χ2v) is 16.5. The van der Waals surface area contributed by atoms with E-state index in [4.69, 9.17) is 14.2 Å². The van der Waals surface area contributed by atoms with Gasteiger partial charge in [0.2, 0.25) is 0 Å². The van der Waals surface area contributed by atoms with Crippen LogP contribution in [0.3, 0.4) is 0 Å². The SMILES string of the molecule is CC\C=C/C=C\C=C/C=C\C=C/CCCCCC(=O)OC(COC(=O)CCCCCCC\C=C/C=C\C=C/CC)COC(=O)CCCCCCCCCCCCCCCCCC. The van der Waals surface area contributed by atoms with E-state index >= 15 is 0 Å². The van der Waals surface area contributed by atoms with Gasteiger partial charge in [-0.15, -0.1) is 0 Å². The van der Waals surface area contributed by atoms with E-state index in [0.717, 1.165) is 89.9 Å². The minimum absolute atomic E-state index is 0.101. The quantitative estimate of drug-likeness (QED) is 0.0263. The molecule has 0 heterocycles. The predicted octanol–water partition coefficient (Wildman–Crippen LogP) is 16.6. The van der Waals surface area contributed by atoms with Crippen LogP contribution in [0.5, 0.6) is 0 Å². The zero-order chi connectivity index (χ0) is 45.1. The van der Waals surface area contributed by atoms with Crippen molar-refractivity contribution in [2.75, 3.05) is 13.2 Å². The van der Waals surface area contributed by atoms with Crippen LogP contribution in [-0.2, 0) is 28.6 Å². The van der Waals surface area contributed by atoms with E-state index in [-0.39, 0.29) is 37.5 Å². The van der Waals surface area contributed by atoms with Crippen molar-refractivity contribution in [3.63, 3.8) is 0 Å². The third kappa shape index (κ3) is 47.4. The molecule has 0 aromatic heterocycles. The number of allylic oxidation sites excluding steroid dienone is 16. The summed E-state index contributed by atoms with van der Waals surface area (Å²) in [7, 11) is 0. The summed E-state index contributed by atoms with van der Waals surface area (Å²) >= 11 is 0. The molecule has 0 bridgehead atoms. The number of carbonyl (C=O) groups excluding carboxylic acids is 3. The van der Waals surface area contributed by atoms with Gasteiger partial charge in [-0.1, -0.05) is 240 Å². The summed E-state index contributed by atoms with van der Waals surface area (Å²) in [4.78, 5) is 37.9. The number of ether oxygens (including phenoxy) is 3. The van der Waals surface area contributed by atoms with Crippen LogP contribution in [-0.4, -0.2) is 37.2 Å². The lowest BCUT2D eigenvalue weighted by Crippen LogP contribution is -2.30. The minimum atomic E-state index is -0.807. The summed E-state index contributed by atoms with van der Waals surface area (Å²) in [6.45, 7) is 6.30. The Bertz CT molecular complexity index is 1260. The molecule has 0 amide bonds. The Morgan fingerprint density at radius 2 is 0.629 bits per heavy atom. The predicted molar refractivity (Wildman–Crippen MR) is 265 cm³/mol. The second kappa shape index (κ2) is 50.0. The van der Waals surface area contributed by atoms with Gasteiger partial charge in [0.25, 0.3) is 0 Å². The molecule has 0 aromatic rings. The molecule has 6 heteroatoms. The molecule has 0 aromatic carbocycles. The smallest absolute Gasteiger partial charge is 0.306 e. The lowest BCUT2D eigenvalue weighted by Gasteiger charge is -2.18. The third-order valence-electron chi connectivity index (χ3n) is 10.5. The van der Waals surface area contributed by atoms with E-state index in [1.54, 1.807) is 0 Å². The zero-order valence-electron chi connectivity index (χ0n) is 40.1. The zero-order valence-corrected chi connectivity index (χ0v) is 40.1. The van der Waals surface area contributed by atoms with Crippen molar-refractivity contribution < 1.29 is 28.6 Å². The summed E-state index contributed by atoms with van der Waals surface area (Å²) in [5, 5.41) is 0. The Labute approximate surface area is 381 Å². The summed E-state index contributed by atoms with van der Waals surface area (Å²) in [5.74, 6) is -0.967. The molecule has 0 saturated carbocycles. The number of hydrogen-bond donors (Lipinski definition) is 0. The molecule has 6 nitrogen and oxygen atoms in total. The number of esters is 3. The molecule has 0 rings (SSSR count). The highest BCUT2D eigenvalue weighted by molar-refractivity contribution is 5.71. The van der Waals surface area contributed by atoms with E-state index in [1.165, 1.54) is 83.5 Å².